The van der Waals surface area contributed by atoms with E-state index in [4.69, 9.17) is 14.2 Å². The van der Waals surface area contributed by atoms with Gasteiger partial charge >= 0.3 is 0 Å². The number of ether oxygens (including phenoxy) is 3. The Hall–Kier alpha value is -1.44. The number of hydrogen-bond donors (Lipinski definition) is 0. The molecule has 7 nitrogen and oxygen atoms in total. The second kappa shape index (κ2) is 7.05. The zero-order valence-corrected chi connectivity index (χ0v) is 14.9. The third-order valence-corrected chi connectivity index (χ3v) is 5.84. The molecule has 1 amide bonds. The first-order valence-electron chi connectivity index (χ1n) is 9.17. The van der Waals surface area contributed by atoms with Crippen molar-refractivity contribution in [3.63, 3.8) is 0 Å². The summed E-state index contributed by atoms with van der Waals surface area (Å²) in [5.74, 6) is 1.02. The average molecular weight is 349 g/mol. The predicted octanol–water partition coefficient (Wildman–Crippen LogP) is 0.952. The van der Waals surface area contributed by atoms with Crippen LogP contribution in [0.25, 0.3) is 0 Å². The fourth-order valence-corrected chi connectivity index (χ4v) is 4.25. The first kappa shape index (κ1) is 17.0. The van der Waals surface area contributed by atoms with Crippen LogP contribution in [-0.4, -0.2) is 73.3 Å². The van der Waals surface area contributed by atoms with Crippen LogP contribution in [0.15, 0.2) is 12.4 Å². The van der Waals surface area contributed by atoms with Crippen molar-refractivity contribution in [3.05, 3.63) is 18.0 Å². The van der Waals surface area contributed by atoms with Gasteiger partial charge in [0.25, 0.3) is 5.91 Å². The van der Waals surface area contributed by atoms with Gasteiger partial charge in [0.15, 0.2) is 0 Å². The molecule has 4 heterocycles. The molecule has 0 N–H and O–H groups in total. The van der Waals surface area contributed by atoms with Crippen LogP contribution in [0.5, 0.6) is 0 Å². The molecule has 0 aromatic carbocycles. The van der Waals surface area contributed by atoms with Crippen LogP contribution in [0.1, 0.15) is 23.2 Å². The van der Waals surface area contributed by atoms with E-state index in [-0.39, 0.29) is 11.3 Å². The highest BCUT2D eigenvalue weighted by molar-refractivity contribution is 5.94. The minimum atomic E-state index is -0.0525. The fourth-order valence-electron chi connectivity index (χ4n) is 4.25. The minimum absolute atomic E-state index is 0.0525. The van der Waals surface area contributed by atoms with Crippen molar-refractivity contribution >= 4 is 5.91 Å². The van der Waals surface area contributed by atoms with Crippen molar-refractivity contribution in [2.75, 3.05) is 52.7 Å². The van der Waals surface area contributed by atoms with E-state index in [1.54, 1.807) is 17.1 Å². The van der Waals surface area contributed by atoms with Crippen LogP contribution in [0.4, 0.5) is 0 Å². The third kappa shape index (κ3) is 3.45. The predicted molar refractivity (Wildman–Crippen MR) is 90.2 cm³/mol. The van der Waals surface area contributed by atoms with E-state index in [0.29, 0.717) is 37.2 Å². The van der Waals surface area contributed by atoms with Crippen molar-refractivity contribution in [3.8, 4) is 0 Å². The number of hydrogen-bond acceptors (Lipinski definition) is 5. The summed E-state index contributed by atoms with van der Waals surface area (Å²) in [6.07, 6.45) is 5.58. The molecule has 1 aromatic rings. The molecule has 2 atom stereocenters. The summed E-state index contributed by atoms with van der Waals surface area (Å²) < 4.78 is 18.9. The lowest BCUT2D eigenvalue weighted by atomic mass is 9.82. The lowest BCUT2D eigenvalue weighted by Gasteiger charge is -2.29. The van der Waals surface area contributed by atoms with Crippen LogP contribution in [0.2, 0.25) is 0 Å². The van der Waals surface area contributed by atoms with E-state index in [2.05, 4.69) is 5.10 Å². The molecule has 3 fully saturated rings. The molecule has 3 aliphatic rings. The van der Waals surface area contributed by atoms with Gasteiger partial charge in [-0.25, -0.2) is 0 Å². The number of fused-ring (bicyclic) bond motifs is 1. The molecule has 3 aliphatic heterocycles. The first-order valence-corrected chi connectivity index (χ1v) is 9.17. The van der Waals surface area contributed by atoms with Crippen LogP contribution in [0.3, 0.4) is 0 Å². The standard InChI is InChI=1S/C18H27N3O4/c1-20-7-15(6-19-20)17(22)21-8-16-10-25-13-18(16,11-21)12-24-9-14-2-4-23-5-3-14/h6-7,14,16H,2-5,8-13H2,1H3/t16-,18-/m0/s1. The number of likely N-dealkylation sites (tertiary alicyclic amines) is 1. The molecular weight excluding hydrogens is 322 g/mol. The summed E-state index contributed by atoms with van der Waals surface area (Å²) in [5, 5.41) is 4.11. The molecule has 0 spiro atoms. The molecule has 1 aromatic heterocycles. The van der Waals surface area contributed by atoms with Gasteiger partial charge in [-0.3, -0.25) is 9.48 Å². The summed E-state index contributed by atoms with van der Waals surface area (Å²) in [5.41, 5.74) is 0.602. The first-order chi connectivity index (χ1) is 12.2. The normalized spacial score (nSPS) is 30.0. The van der Waals surface area contributed by atoms with E-state index in [9.17, 15) is 4.79 Å². The van der Waals surface area contributed by atoms with Gasteiger partial charge in [-0.05, 0) is 18.8 Å². The van der Waals surface area contributed by atoms with Crippen molar-refractivity contribution in [2.24, 2.45) is 24.3 Å². The molecule has 0 saturated carbocycles. The second-order valence-electron chi connectivity index (χ2n) is 7.73. The number of aromatic nitrogens is 2. The van der Waals surface area contributed by atoms with E-state index in [1.807, 2.05) is 11.9 Å². The molecule has 0 radical (unpaired) electrons. The Morgan fingerprint density at radius 2 is 2.24 bits per heavy atom. The van der Waals surface area contributed by atoms with Crippen molar-refractivity contribution in [2.45, 2.75) is 12.8 Å². The molecule has 138 valence electrons. The Labute approximate surface area is 148 Å². The SMILES string of the molecule is Cn1cc(C(=O)N2C[C@H]3COC[C@@]3(COCC3CCOCC3)C2)cn1. The highest BCUT2D eigenvalue weighted by Crippen LogP contribution is 2.42. The average Bonchev–Trinajstić information content (AvgIpc) is 3.29. The fraction of sp³-hybridized carbons (Fsp3) is 0.778. The number of nitrogens with zero attached hydrogens (tertiary/aromatic N) is 3. The number of carbonyl (C=O) groups excluding carboxylic acids is 1. The van der Waals surface area contributed by atoms with Crippen molar-refractivity contribution in [1.82, 2.24) is 14.7 Å². The van der Waals surface area contributed by atoms with Gasteiger partial charge in [-0.2, -0.15) is 5.10 Å². The van der Waals surface area contributed by atoms with Crippen LogP contribution in [-0.2, 0) is 21.3 Å². The maximum absolute atomic E-state index is 12.7. The molecule has 25 heavy (non-hydrogen) atoms. The zero-order valence-electron chi connectivity index (χ0n) is 14.9. The number of rotatable bonds is 5. The van der Waals surface area contributed by atoms with E-state index in [0.717, 1.165) is 45.8 Å². The molecule has 4 rings (SSSR count). The van der Waals surface area contributed by atoms with Gasteiger partial charge in [-0.15, -0.1) is 0 Å². The van der Waals surface area contributed by atoms with Gasteiger partial charge in [0.1, 0.15) is 0 Å². The van der Waals surface area contributed by atoms with E-state index < -0.39 is 0 Å². The summed E-state index contributed by atoms with van der Waals surface area (Å²) in [7, 11) is 1.83. The van der Waals surface area contributed by atoms with Crippen LogP contribution >= 0.6 is 0 Å². The highest BCUT2D eigenvalue weighted by atomic mass is 16.5. The zero-order chi connectivity index (χ0) is 17.3. The van der Waals surface area contributed by atoms with Gasteiger partial charge in [0, 0.05) is 57.5 Å². The van der Waals surface area contributed by atoms with Gasteiger partial charge in [-0.1, -0.05) is 0 Å². The van der Waals surface area contributed by atoms with E-state index in [1.165, 1.54) is 0 Å². The number of amides is 1. The van der Waals surface area contributed by atoms with Gasteiger partial charge in [0.05, 0.1) is 31.6 Å². The Morgan fingerprint density at radius 1 is 1.40 bits per heavy atom. The molecular formula is C18H27N3O4. The van der Waals surface area contributed by atoms with Crippen LogP contribution in [0, 0.1) is 17.3 Å². The van der Waals surface area contributed by atoms with Gasteiger partial charge < -0.3 is 19.1 Å². The molecule has 0 aliphatic carbocycles. The molecule has 7 heteroatoms. The molecule has 0 bridgehead atoms. The monoisotopic (exact) mass is 349 g/mol. The summed E-state index contributed by atoms with van der Waals surface area (Å²) in [4.78, 5) is 14.7. The lowest BCUT2D eigenvalue weighted by molar-refractivity contribution is -0.0150. The minimum Gasteiger partial charge on any atom is -0.381 e. The lowest BCUT2D eigenvalue weighted by Crippen LogP contribution is -2.38. The topological polar surface area (TPSA) is 65.8 Å². The van der Waals surface area contributed by atoms with Crippen molar-refractivity contribution in [1.29, 1.82) is 0 Å². The van der Waals surface area contributed by atoms with Gasteiger partial charge in [0.2, 0.25) is 0 Å². The quantitative estimate of drug-likeness (QED) is 0.792. The number of aryl methyl sites for hydroxylation is 1. The van der Waals surface area contributed by atoms with E-state index >= 15 is 0 Å². The third-order valence-electron chi connectivity index (χ3n) is 5.84. The Balaban J connectivity index is 1.36. The Bertz CT molecular complexity index is 613. The molecule has 3 saturated heterocycles. The Morgan fingerprint density at radius 3 is 3.00 bits per heavy atom. The number of carbonyl (C=O) groups is 1. The second-order valence-corrected chi connectivity index (χ2v) is 7.73. The highest BCUT2D eigenvalue weighted by Gasteiger charge is 2.52. The van der Waals surface area contributed by atoms with Crippen molar-refractivity contribution < 1.29 is 19.0 Å². The summed E-state index contributed by atoms with van der Waals surface area (Å²) in [6.45, 7) is 6.00. The largest absolute Gasteiger partial charge is 0.381 e. The maximum Gasteiger partial charge on any atom is 0.257 e. The summed E-state index contributed by atoms with van der Waals surface area (Å²) >= 11 is 0. The Kier molecular flexibility index (Phi) is 4.80. The summed E-state index contributed by atoms with van der Waals surface area (Å²) in [6, 6.07) is 0. The maximum atomic E-state index is 12.7. The molecule has 0 unspecified atom stereocenters. The van der Waals surface area contributed by atoms with Crippen LogP contribution < -0.4 is 0 Å². The smallest absolute Gasteiger partial charge is 0.257 e.